The molecule has 0 aromatic carbocycles. The van der Waals surface area contributed by atoms with Crippen molar-refractivity contribution < 1.29 is 18.1 Å². The summed E-state index contributed by atoms with van der Waals surface area (Å²) in [4.78, 5) is 0. The highest BCUT2D eigenvalue weighted by Crippen LogP contribution is 2.19. The quantitative estimate of drug-likeness (QED) is 0.175. The van der Waals surface area contributed by atoms with E-state index in [0.717, 1.165) is 51.4 Å². The van der Waals surface area contributed by atoms with Crippen LogP contribution in [0.15, 0.2) is 0 Å². The van der Waals surface area contributed by atoms with Gasteiger partial charge in [-0.2, -0.15) is 8.42 Å². The molecule has 0 rings (SSSR count). The van der Waals surface area contributed by atoms with Gasteiger partial charge in [0.15, 0.2) is 0 Å². The van der Waals surface area contributed by atoms with Crippen LogP contribution in [0.3, 0.4) is 0 Å². The third kappa shape index (κ3) is 17.7. The Morgan fingerprint density at radius 1 is 0.630 bits per heavy atom. The molecule has 2 N–H and O–H groups in total. The van der Waals surface area contributed by atoms with Crippen molar-refractivity contribution in [3.8, 4) is 0 Å². The molecule has 2 atom stereocenters. The first-order chi connectivity index (χ1) is 12.9. The highest BCUT2D eigenvalue weighted by atomic mass is 32.2. The fraction of sp³-hybridized carbons (Fsp3) is 1.00. The fourth-order valence-corrected chi connectivity index (χ4v) is 4.54. The normalized spacial score (nSPS) is 14.4. The molecule has 0 aromatic heterocycles. The van der Waals surface area contributed by atoms with E-state index in [0.29, 0.717) is 12.8 Å². The number of aliphatic hydroxyl groups excluding tert-OH is 1. The van der Waals surface area contributed by atoms with Crippen LogP contribution in [0.1, 0.15) is 129 Å². The van der Waals surface area contributed by atoms with Gasteiger partial charge in [0.1, 0.15) is 0 Å². The van der Waals surface area contributed by atoms with Crippen LogP contribution in [0, 0.1) is 0 Å². The first-order valence-electron chi connectivity index (χ1n) is 11.6. The molecule has 0 bridgehead atoms. The van der Waals surface area contributed by atoms with Gasteiger partial charge in [-0.15, -0.1) is 0 Å². The van der Waals surface area contributed by atoms with Crippen LogP contribution in [-0.2, 0) is 10.1 Å². The molecule has 0 aliphatic rings. The van der Waals surface area contributed by atoms with Crippen molar-refractivity contribution in [1.82, 2.24) is 0 Å². The van der Waals surface area contributed by atoms with Crippen LogP contribution in [0.25, 0.3) is 0 Å². The Morgan fingerprint density at radius 2 is 1.00 bits per heavy atom. The van der Waals surface area contributed by atoms with Crippen molar-refractivity contribution in [3.63, 3.8) is 0 Å². The molecule has 2 unspecified atom stereocenters. The molecule has 0 saturated heterocycles. The summed E-state index contributed by atoms with van der Waals surface area (Å²) >= 11 is 0. The second-order valence-corrected chi connectivity index (χ2v) is 9.86. The molecule has 0 spiro atoms. The minimum Gasteiger partial charge on any atom is -0.393 e. The molecule has 0 amide bonds. The first kappa shape index (κ1) is 26.9. The van der Waals surface area contributed by atoms with Crippen molar-refractivity contribution in [2.45, 2.75) is 141 Å². The lowest BCUT2D eigenvalue weighted by atomic mass is 10.0. The molecule has 4 nitrogen and oxygen atoms in total. The second-order valence-electron chi connectivity index (χ2n) is 8.16. The standard InChI is InChI=1S/C22H46O4S/c1-3-5-6-7-8-9-10-11-12-16-19-22(27(24,25)26)20-17-14-13-15-18-21(23)4-2/h21-23H,3-20H2,1-2H3,(H,24,25,26). The van der Waals surface area contributed by atoms with Crippen LogP contribution in [0.4, 0.5) is 0 Å². The summed E-state index contributed by atoms with van der Waals surface area (Å²) in [5.74, 6) is 0. The molecule has 27 heavy (non-hydrogen) atoms. The summed E-state index contributed by atoms with van der Waals surface area (Å²) in [5.41, 5.74) is 0. The lowest BCUT2D eigenvalue weighted by Gasteiger charge is -2.14. The molecule has 0 heterocycles. The van der Waals surface area contributed by atoms with E-state index in [2.05, 4.69) is 6.92 Å². The lowest BCUT2D eigenvalue weighted by molar-refractivity contribution is 0.156. The van der Waals surface area contributed by atoms with Gasteiger partial charge in [-0.1, -0.05) is 104 Å². The number of hydrogen-bond acceptors (Lipinski definition) is 3. The maximum absolute atomic E-state index is 11.6. The van der Waals surface area contributed by atoms with Crippen molar-refractivity contribution in [2.75, 3.05) is 0 Å². The Bertz CT molecular complexity index is 409. The number of rotatable bonds is 20. The summed E-state index contributed by atoms with van der Waals surface area (Å²) in [6.07, 6.45) is 18.7. The predicted octanol–water partition coefficient (Wildman–Crippen LogP) is 6.67. The summed E-state index contributed by atoms with van der Waals surface area (Å²) in [6, 6.07) is 0. The molecule has 5 heteroatoms. The van der Waals surface area contributed by atoms with Crippen LogP contribution in [0.5, 0.6) is 0 Å². The molecule has 0 aliphatic heterocycles. The summed E-state index contributed by atoms with van der Waals surface area (Å²) in [5, 5.41) is 8.93. The van der Waals surface area contributed by atoms with Gasteiger partial charge in [0.2, 0.25) is 0 Å². The molecule has 0 fully saturated rings. The Kier molecular flexibility index (Phi) is 17.8. The fourth-order valence-electron chi connectivity index (χ4n) is 3.61. The molecular formula is C22H46O4S. The third-order valence-electron chi connectivity index (χ3n) is 5.59. The summed E-state index contributed by atoms with van der Waals surface area (Å²) in [6.45, 7) is 4.22. The first-order valence-corrected chi connectivity index (χ1v) is 13.1. The zero-order chi connectivity index (χ0) is 20.4. The van der Waals surface area contributed by atoms with Crippen LogP contribution in [0.2, 0.25) is 0 Å². The largest absolute Gasteiger partial charge is 0.393 e. The van der Waals surface area contributed by atoms with E-state index in [1.165, 1.54) is 51.4 Å². The van der Waals surface area contributed by atoms with E-state index < -0.39 is 15.4 Å². The van der Waals surface area contributed by atoms with Crippen molar-refractivity contribution in [3.05, 3.63) is 0 Å². The summed E-state index contributed by atoms with van der Waals surface area (Å²) in [7, 11) is -3.93. The third-order valence-corrected chi connectivity index (χ3v) is 6.90. The van der Waals surface area contributed by atoms with E-state index in [1.807, 2.05) is 6.92 Å². The monoisotopic (exact) mass is 406 g/mol. The van der Waals surface area contributed by atoms with E-state index in [9.17, 15) is 18.1 Å². The number of hydrogen-bond donors (Lipinski definition) is 2. The molecule has 0 aliphatic carbocycles. The summed E-state index contributed by atoms with van der Waals surface area (Å²) < 4.78 is 32.7. The van der Waals surface area contributed by atoms with E-state index in [4.69, 9.17) is 0 Å². The van der Waals surface area contributed by atoms with Gasteiger partial charge in [0, 0.05) is 0 Å². The van der Waals surface area contributed by atoms with Crippen molar-refractivity contribution in [1.29, 1.82) is 0 Å². The van der Waals surface area contributed by atoms with Crippen LogP contribution in [-0.4, -0.2) is 29.4 Å². The smallest absolute Gasteiger partial charge is 0.267 e. The maximum Gasteiger partial charge on any atom is 0.267 e. The van der Waals surface area contributed by atoms with Gasteiger partial charge in [0.25, 0.3) is 10.1 Å². The van der Waals surface area contributed by atoms with Crippen molar-refractivity contribution >= 4 is 10.1 Å². The average Bonchev–Trinajstić information content (AvgIpc) is 2.62. The zero-order valence-corrected chi connectivity index (χ0v) is 18.8. The average molecular weight is 407 g/mol. The minimum absolute atomic E-state index is 0.202. The Morgan fingerprint density at radius 3 is 1.37 bits per heavy atom. The van der Waals surface area contributed by atoms with Gasteiger partial charge >= 0.3 is 0 Å². The van der Waals surface area contributed by atoms with Crippen LogP contribution < -0.4 is 0 Å². The zero-order valence-electron chi connectivity index (χ0n) is 18.0. The van der Waals surface area contributed by atoms with E-state index in [1.54, 1.807) is 0 Å². The maximum atomic E-state index is 11.6. The van der Waals surface area contributed by atoms with Gasteiger partial charge in [-0.3, -0.25) is 4.55 Å². The van der Waals surface area contributed by atoms with Gasteiger partial charge < -0.3 is 5.11 Å². The predicted molar refractivity (Wildman–Crippen MR) is 116 cm³/mol. The highest BCUT2D eigenvalue weighted by molar-refractivity contribution is 7.86. The second kappa shape index (κ2) is 17.9. The molecule has 0 saturated carbocycles. The van der Waals surface area contributed by atoms with Gasteiger partial charge in [0.05, 0.1) is 11.4 Å². The van der Waals surface area contributed by atoms with Gasteiger partial charge in [-0.25, -0.2) is 0 Å². The molecular weight excluding hydrogens is 360 g/mol. The van der Waals surface area contributed by atoms with Crippen LogP contribution >= 0.6 is 0 Å². The molecule has 0 aromatic rings. The Hall–Kier alpha value is -0.130. The minimum atomic E-state index is -3.93. The lowest BCUT2D eigenvalue weighted by Crippen LogP contribution is -2.20. The number of aliphatic hydroxyl groups is 1. The Balaban J connectivity index is 3.72. The van der Waals surface area contributed by atoms with E-state index in [-0.39, 0.29) is 6.10 Å². The Labute approximate surface area is 169 Å². The molecule has 164 valence electrons. The van der Waals surface area contributed by atoms with Crippen molar-refractivity contribution in [2.24, 2.45) is 0 Å². The topological polar surface area (TPSA) is 74.6 Å². The van der Waals surface area contributed by atoms with Gasteiger partial charge in [-0.05, 0) is 25.7 Å². The number of unbranched alkanes of at least 4 members (excludes halogenated alkanes) is 12. The molecule has 0 radical (unpaired) electrons. The van der Waals surface area contributed by atoms with E-state index >= 15 is 0 Å². The SMILES string of the molecule is CCCCCCCCCCCCC(CCCCCCC(O)CC)S(=O)(=O)O. The highest BCUT2D eigenvalue weighted by Gasteiger charge is 2.21.